The Hall–Kier alpha value is -1.65. The first-order valence-electron chi connectivity index (χ1n) is 6.57. The summed E-state index contributed by atoms with van der Waals surface area (Å²) in [7, 11) is 0. The fourth-order valence-corrected chi connectivity index (χ4v) is 2.56. The molecule has 96 valence electrons. The summed E-state index contributed by atoms with van der Waals surface area (Å²) in [5.74, 6) is 2.06. The number of ether oxygens (including phenoxy) is 1. The molecule has 3 rings (SSSR count). The maximum Gasteiger partial charge on any atom is 0.252 e. The Morgan fingerprint density at radius 2 is 2.17 bits per heavy atom. The molecule has 1 saturated carbocycles. The van der Waals surface area contributed by atoms with Gasteiger partial charge in [-0.1, -0.05) is 13.3 Å². The van der Waals surface area contributed by atoms with Crippen molar-refractivity contribution in [3.05, 3.63) is 18.2 Å². The van der Waals surface area contributed by atoms with Crippen LogP contribution in [0, 0.1) is 12.8 Å². The molecule has 0 saturated heterocycles. The molecule has 0 amide bonds. The zero-order valence-corrected chi connectivity index (χ0v) is 10.8. The third-order valence-corrected chi connectivity index (χ3v) is 3.73. The van der Waals surface area contributed by atoms with E-state index in [4.69, 9.17) is 4.74 Å². The van der Waals surface area contributed by atoms with Crippen LogP contribution < -0.4 is 4.74 Å². The Morgan fingerprint density at radius 1 is 1.33 bits per heavy atom. The standard InChI is InChI=1S/C13H18N4O/c1-9-5-3-4-6-11(9)18-12-7-17-13(14-8-15-17)16-10(12)2/h7-9,11H,3-6H2,1-2H3/t9-,11-/m1/s1. The predicted molar refractivity (Wildman–Crippen MR) is 67.6 cm³/mol. The maximum absolute atomic E-state index is 6.12. The van der Waals surface area contributed by atoms with Crippen LogP contribution in [0.2, 0.25) is 0 Å². The van der Waals surface area contributed by atoms with Crippen LogP contribution in [0.1, 0.15) is 38.3 Å². The first-order chi connectivity index (χ1) is 8.74. The van der Waals surface area contributed by atoms with E-state index < -0.39 is 0 Å². The molecular weight excluding hydrogens is 228 g/mol. The van der Waals surface area contributed by atoms with Gasteiger partial charge in [-0.2, -0.15) is 10.1 Å². The number of nitrogens with zero attached hydrogens (tertiary/aromatic N) is 4. The van der Waals surface area contributed by atoms with Crippen LogP contribution in [0.3, 0.4) is 0 Å². The van der Waals surface area contributed by atoms with E-state index in [0.717, 1.165) is 17.9 Å². The van der Waals surface area contributed by atoms with Gasteiger partial charge in [0.2, 0.25) is 0 Å². The second kappa shape index (κ2) is 4.55. The summed E-state index contributed by atoms with van der Waals surface area (Å²) in [6.45, 7) is 4.22. The molecule has 0 bridgehead atoms. The largest absolute Gasteiger partial charge is 0.487 e. The Labute approximate surface area is 106 Å². The quantitative estimate of drug-likeness (QED) is 0.816. The van der Waals surface area contributed by atoms with Gasteiger partial charge >= 0.3 is 0 Å². The van der Waals surface area contributed by atoms with Gasteiger partial charge in [-0.3, -0.25) is 0 Å². The van der Waals surface area contributed by atoms with Crippen molar-refractivity contribution in [1.82, 2.24) is 19.6 Å². The normalized spacial score (nSPS) is 24.3. The number of fused-ring (bicyclic) bond motifs is 1. The van der Waals surface area contributed by atoms with Crippen LogP contribution >= 0.6 is 0 Å². The molecule has 1 fully saturated rings. The fraction of sp³-hybridized carbons (Fsp3) is 0.615. The van der Waals surface area contributed by atoms with Gasteiger partial charge in [-0.25, -0.2) is 9.50 Å². The molecule has 1 aliphatic carbocycles. The molecular formula is C13H18N4O. The van der Waals surface area contributed by atoms with Gasteiger partial charge in [0.05, 0.1) is 11.9 Å². The second-order valence-electron chi connectivity index (χ2n) is 5.11. The first kappa shape index (κ1) is 11.4. The third kappa shape index (κ3) is 2.05. The molecule has 0 spiro atoms. The Morgan fingerprint density at radius 3 is 3.00 bits per heavy atom. The van der Waals surface area contributed by atoms with Gasteiger partial charge in [-0.05, 0) is 32.1 Å². The topological polar surface area (TPSA) is 52.3 Å². The van der Waals surface area contributed by atoms with E-state index in [1.165, 1.54) is 25.6 Å². The number of aromatic nitrogens is 4. The highest BCUT2D eigenvalue weighted by Crippen LogP contribution is 2.28. The minimum Gasteiger partial charge on any atom is -0.487 e. The molecule has 0 aromatic carbocycles. The van der Waals surface area contributed by atoms with Crippen LogP contribution in [-0.4, -0.2) is 25.7 Å². The number of rotatable bonds is 2. The van der Waals surface area contributed by atoms with Crippen LogP contribution in [0.4, 0.5) is 0 Å². The van der Waals surface area contributed by atoms with E-state index in [9.17, 15) is 0 Å². The lowest BCUT2D eigenvalue weighted by Gasteiger charge is -2.29. The first-order valence-corrected chi connectivity index (χ1v) is 6.57. The molecule has 1 aliphatic rings. The van der Waals surface area contributed by atoms with E-state index in [1.54, 1.807) is 4.52 Å². The highest BCUT2D eigenvalue weighted by Gasteiger charge is 2.23. The van der Waals surface area contributed by atoms with Crippen molar-refractivity contribution in [3.63, 3.8) is 0 Å². The highest BCUT2D eigenvalue weighted by molar-refractivity contribution is 5.34. The number of hydrogen-bond donors (Lipinski definition) is 0. The van der Waals surface area contributed by atoms with Crippen LogP contribution in [0.5, 0.6) is 5.75 Å². The van der Waals surface area contributed by atoms with Crippen molar-refractivity contribution in [3.8, 4) is 5.75 Å². The minimum absolute atomic E-state index is 0.306. The Balaban J connectivity index is 1.86. The Kier molecular flexibility index (Phi) is 2.89. The zero-order valence-electron chi connectivity index (χ0n) is 10.8. The minimum atomic E-state index is 0.306. The van der Waals surface area contributed by atoms with Crippen molar-refractivity contribution >= 4 is 5.78 Å². The molecule has 0 radical (unpaired) electrons. The van der Waals surface area contributed by atoms with Gasteiger partial charge in [0.1, 0.15) is 12.4 Å². The van der Waals surface area contributed by atoms with E-state index in [1.807, 2.05) is 13.1 Å². The molecule has 0 aliphatic heterocycles. The molecule has 18 heavy (non-hydrogen) atoms. The lowest BCUT2D eigenvalue weighted by Crippen LogP contribution is -2.28. The van der Waals surface area contributed by atoms with Crippen molar-refractivity contribution < 1.29 is 4.74 Å². The number of hydrogen-bond acceptors (Lipinski definition) is 4. The van der Waals surface area contributed by atoms with Gasteiger partial charge in [0.25, 0.3) is 5.78 Å². The fourth-order valence-electron chi connectivity index (χ4n) is 2.56. The highest BCUT2D eigenvalue weighted by atomic mass is 16.5. The number of aryl methyl sites for hydroxylation is 1. The molecule has 2 atom stereocenters. The summed E-state index contributed by atoms with van der Waals surface area (Å²) in [6.07, 6.45) is 8.66. The lowest BCUT2D eigenvalue weighted by molar-refractivity contribution is 0.101. The van der Waals surface area contributed by atoms with Crippen molar-refractivity contribution in [2.75, 3.05) is 0 Å². The molecule has 2 aromatic rings. The molecule has 0 unspecified atom stereocenters. The van der Waals surface area contributed by atoms with Gasteiger partial charge in [0.15, 0.2) is 5.75 Å². The monoisotopic (exact) mass is 246 g/mol. The summed E-state index contributed by atoms with van der Waals surface area (Å²) in [5, 5.41) is 4.10. The average molecular weight is 246 g/mol. The van der Waals surface area contributed by atoms with Crippen molar-refractivity contribution in [2.24, 2.45) is 5.92 Å². The SMILES string of the molecule is Cc1nc2ncnn2cc1O[C@@H]1CCCC[C@H]1C. The molecule has 2 heterocycles. The van der Waals surface area contributed by atoms with Crippen molar-refractivity contribution in [1.29, 1.82) is 0 Å². The average Bonchev–Trinajstić information content (AvgIpc) is 2.79. The molecule has 2 aromatic heterocycles. The predicted octanol–water partition coefficient (Wildman–Crippen LogP) is 2.39. The van der Waals surface area contributed by atoms with Gasteiger partial charge in [-0.15, -0.1) is 0 Å². The van der Waals surface area contributed by atoms with E-state index in [-0.39, 0.29) is 0 Å². The third-order valence-electron chi connectivity index (χ3n) is 3.73. The molecule has 5 heteroatoms. The Bertz CT molecular complexity index is 551. The zero-order chi connectivity index (χ0) is 12.5. The van der Waals surface area contributed by atoms with Gasteiger partial charge in [0, 0.05) is 0 Å². The van der Waals surface area contributed by atoms with E-state index in [0.29, 0.717) is 17.8 Å². The van der Waals surface area contributed by atoms with E-state index >= 15 is 0 Å². The van der Waals surface area contributed by atoms with E-state index in [2.05, 4.69) is 22.0 Å². The van der Waals surface area contributed by atoms with Gasteiger partial charge < -0.3 is 4.74 Å². The summed E-state index contributed by atoms with van der Waals surface area (Å²) in [5.41, 5.74) is 0.883. The van der Waals surface area contributed by atoms with Crippen LogP contribution in [0.25, 0.3) is 5.78 Å². The smallest absolute Gasteiger partial charge is 0.252 e. The summed E-state index contributed by atoms with van der Waals surface area (Å²) in [6, 6.07) is 0. The summed E-state index contributed by atoms with van der Waals surface area (Å²) in [4.78, 5) is 8.46. The lowest BCUT2D eigenvalue weighted by atomic mass is 9.88. The summed E-state index contributed by atoms with van der Waals surface area (Å²) >= 11 is 0. The maximum atomic E-state index is 6.12. The molecule has 0 N–H and O–H groups in total. The molecule has 5 nitrogen and oxygen atoms in total. The van der Waals surface area contributed by atoms with Crippen LogP contribution in [0.15, 0.2) is 12.5 Å². The second-order valence-corrected chi connectivity index (χ2v) is 5.11. The van der Waals surface area contributed by atoms with Crippen molar-refractivity contribution in [2.45, 2.75) is 45.6 Å². The van der Waals surface area contributed by atoms with Crippen LogP contribution in [-0.2, 0) is 0 Å². The summed E-state index contributed by atoms with van der Waals surface area (Å²) < 4.78 is 7.79.